The van der Waals surface area contributed by atoms with Gasteiger partial charge in [0.2, 0.25) is 8.32 Å². The number of rotatable bonds is 6. The number of nitrogens with two attached hydrogens (primary N) is 1. The van der Waals surface area contributed by atoms with Crippen LogP contribution in [0.5, 0.6) is 5.75 Å². The fraction of sp³-hybridized carbons (Fsp3) is 0.548. The molecule has 2 heterocycles. The molecule has 1 aromatic carbocycles. The van der Waals surface area contributed by atoms with Crippen molar-refractivity contribution in [3.05, 3.63) is 52.3 Å². The van der Waals surface area contributed by atoms with Crippen LogP contribution in [-0.4, -0.2) is 29.8 Å². The van der Waals surface area contributed by atoms with Gasteiger partial charge in [-0.3, -0.25) is 0 Å². The van der Waals surface area contributed by atoms with Gasteiger partial charge in [0, 0.05) is 16.7 Å². The minimum Gasteiger partial charge on any atom is -0.543 e. The van der Waals surface area contributed by atoms with Crippen molar-refractivity contribution in [1.82, 2.24) is 9.61 Å². The summed E-state index contributed by atoms with van der Waals surface area (Å²) in [5, 5.41) is 8.84. The first-order valence-corrected chi connectivity index (χ1v) is 18.2. The van der Waals surface area contributed by atoms with Gasteiger partial charge in [-0.05, 0) is 127 Å². The Morgan fingerprint density at radius 3 is 2.38 bits per heavy atom. The predicted molar refractivity (Wildman–Crippen MR) is 167 cm³/mol. The van der Waals surface area contributed by atoms with Crippen LogP contribution in [0.1, 0.15) is 64.0 Å². The summed E-state index contributed by atoms with van der Waals surface area (Å²) in [5.41, 5.74) is 11.6. The molecule has 39 heavy (non-hydrogen) atoms. The van der Waals surface area contributed by atoms with Crippen molar-refractivity contribution in [3.63, 3.8) is 0 Å². The Morgan fingerprint density at radius 1 is 1.10 bits per heavy atom. The molecule has 7 rings (SSSR count). The maximum Gasteiger partial charge on any atom is 0.250 e. The van der Waals surface area contributed by atoms with Gasteiger partial charge in [-0.2, -0.15) is 5.10 Å². The molecule has 208 valence electrons. The van der Waals surface area contributed by atoms with Gasteiger partial charge in [0.25, 0.3) is 0 Å². The molecule has 0 aliphatic heterocycles. The van der Waals surface area contributed by atoms with Gasteiger partial charge in [0.05, 0.1) is 28.7 Å². The molecule has 0 atom stereocenters. The highest BCUT2D eigenvalue weighted by Gasteiger charge is 2.48. The van der Waals surface area contributed by atoms with E-state index >= 15 is 0 Å². The largest absolute Gasteiger partial charge is 0.543 e. The summed E-state index contributed by atoms with van der Waals surface area (Å²) < 4.78 is 9.46. The van der Waals surface area contributed by atoms with Gasteiger partial charge in [-0.1, -0.05) is 20.8 Å². The van der Waals surface area contributed by atoms with Crippen molar-refractivity contribution in [1.29, 1.82) is 0 Å². The van der Waals surface area contributed by atoms with Crippen LogP contribution in [0.25, 0.3) is 5.52 Å². The molecule has 8 heteroatoms. The average Bonchev–Trinajstić information content (AvgIpc) is 3.22. The van der Waals surface area contributed by atoms with E-state index in [1.165, 1.54) is 32.1 Å². The molecular formula is C31H42BrN5OSi. The lowest BCUT2D eigenvalue weighted by atomic mass is 9.54. The number of halogens is 1. The number of nitrogens with one attached hydrogen (secondary N) is 1. The van der Waals surface area contributed by atoms with Gasteiger partial charge in [-0.25, -0.2) is 9.51 Å². The van der Waals surface area contributed by atoms with E-state index in [1.807, 2.05) is 29.0 Å². The van der Waals surface area contributed by atoms with Crippen molar-refractivity contribution < 1.29 is 4.43 Å². The fourth-order valence-corrected chi connectivity index (χ4v) is 8.59. The zero-order chi connectivity index (χ0) is 27.7. The van der Waals surface area contributed by atoms with Gasteiger partial charge in [-0.15, -0.1) is 0 Å². The molecule has 0 amide bonds. The van der Waals surface area contributed by atoms with Gasteiger partial charge >= 0.3 is 0 Å². The number of amidine groups is 1. The molecule has 2 aromatic heterocycles. The van der Waals surface area contributed by atoms with E-state index in [-0.39, 0.29) is 5.04 Å². The lowest BCUT2D eigenvalue weighted by molar-refractivity contribution is 0.00756. The first-order chi connectivity index (χ1) is 18.4. The van der Waals surface area contributed by atoms with Crippen LogP contribution >= 0.6 is 15.9 Å². The number of aryl methyl sites for hydroxylation is 1. The zero-order valence-corrected chi connectivity index (χ0v) is 26.7. The molecular weight excluding hydrogens is 566 g/mol. The number of anilines is 1. The first-order valence-electron chi connectivity index (χ1n) is 14.5. The average molecular weight is 609 g/mol. The second-order valence-electron chi connectivity index (χ2n) is 13.8. The fourth-order valence-electron chi connectivity index (χ4n) is 7.15. The SMILES string of the molecule is Cc1cc(O[Si](C)(C)C(C)(C)C)ccc1N=C(N)c1cnn2cc(Br)cc2c1NC1C2CC3CC(C2)CC1C3. The lowest BCUT2D eigenvalue weighted by Gasteiger charge is -2.54. The summed E-state index contributed by atoms with van der Waals surface area (Å²) in [6.45, 7) is 13.4. The highest BCUT2D eigenvalue weighted by molar-refractivity contribution is 9.10. The van der Waals surface area contributed by atoms with E-state index in [9.17, 15) is 0 Å². The number of benzene rings is 1. The highest BCUT2D eigenvalue weighted by atomic mass is 79.9. The topological polar surface area (TPSA) is 76.9 Å². The van der Waals surface area contributed by atoms with Crippen LogP contribution in [0.3, 0.4) is 0 Å². The van der Waals surface area contributed by atoms with Crippen LogP contribution < -0.4 is 15.5 Å². The number of aliphatic imine (C=N–C) groups is 1. The Labute approximate surface area is 242 Å². The maximum absolute atomic E-state index is 6.77. The van der Waals surface area contributed by atoms with Crippen LogP contribution in [0.4, 0.5) is 11.4 Å². The molecule has 4 aliphatic carbocycles. The molecule has 3 aromatic rings. The number of fused-ring (bicyclic) bond motifs is 1. The Morgan fingerprint density at radius 2 is 1.77 bits per heavy atom. The molecule has 4 aliphatic rings. The van der Waals surface area contributed by atoms with E-state index in [0.717, 1.165) is 61.9 Å². The minimum atomic E-state index is -1.92. The third-order valence-electron chi connectivity index (χ3n) is 10.0. The van der Waals surface area contributed by atoms with Crippen molar-refractivity contribution in [3.8, 4) is 5.75 Å². The Balaban J connectivity index is 1.32. The van der Waals surface area contributed by atoms with Crippen molar-refractivity contribution in [2.45, 2.75) is 84.0 Å². The third-order valence-corrected chi connectivity index (χ3v) is 14.8. The quantitative estimate of drug-likeness (QED) is 0.169. The minimum absolute atomic E-state index is 0.141. The van der Waals surface area contributed by atoms with Crippen LogP contribution in [0, 0.1) is 30.6 Å². The summed E-state index contributed by atoms with van der Waals surface area (Å²) in [5.74, 6) is 4.74. The lowest BCUT2D eigenvalue weighted by Crippen LogP contribution is -2.51. The molecule has 0 unspecified atom stereocenters. The number of aromatic nitrogens is 2. The highest BCUT2D eigenvalue weighted by Crippen LogP contribution is 2.54. The second kappa shape index (κ2) is 9.65. The molecule has 4 fully saturated rings. The Bertz CT molecular complexity index is 1410. The van der Waals surface area contributed by atoms with E-state index in [2.05, 4.69) is 79.3 Å². The normalized spacial score (nSPS) is 26.8. The van der Waals surface area contributed by atoms with Gasteiger partial charge < -0.3 is 15.5 Å². The van der Waals surface area contributed by atoms with E-state index < -0.39 is 8.32 Å². The van der Waals surface area contributed by atoms with E-state index in [1.54, 1.807) is 0 Å². The van der Waals surface area contributed by atoms with E-state index in [0.29, 0.717) is 11.9 Å². The maximum atomic E-state index is 6.77. The third kappa shape index (κ3) is 5.03. The summed E-state index contributed by atoms with van der Waals surface area (Å²) in [7, 11) is -1.92. The van der Waals surface area contributed by atoms with Gasteiger partial charge in [0.15, 0.2) is 0 Å². The van der Waals surface area contributed by atoms with Crippen LogP contribution in [0.15, 0.2) is 46.1 Å². The predicted octanol–water partition coefficient (Wildman–Crippen LogP) is 8.06. The number of nitrogens with zero attached hydrogens (tertiary/aromatic N) is 3. The zero-order valence-electron chi connectivity index (χ0n) is 24.1. The molecule has 6 nitrogen and oxygen atoms in total. The summed E-state index contributed by atoms with van der Waals surface area (Å²) in [6, 6.07) is 8.75. The van der Waals surface area contributed by atoms with Crippen molar-refractivity contribution in [2.24, 2.45) is 34.4 Å². The van der Waals surface area contributed by atoms with Crippen molar-refractivity contribution >= 4 is 47.0 Å². The summed E-state index contributed by atoms with van der Waals surface area (Å²) in [6.07, 6.45) is 10.8. The number of hydrogen-bond donors (Lipinski definition) is 2. The molecule has 0 radical (unpaired) electrons. The summed E-state index contributed by atoms with van der Waals surface area (Å²) >= 11 is 3.65. The van der Waals surface area contributed by atoms with E-state index in [4.69, 9.17) is 15.2 Å². The molecule has 0 saturated heterocycles. The van der Waals surface area contributed by atoms with Crippen LogP contribution in [0.2, 0.25) is 18.1 Å². The first kappa shape index (κ1) is 26.9. The van der Waals surface area contributed by atoms with Crippen LogP contribution in [-0.2, 0) is 0 Å². The smallest absolute Gasteiger partial charge is 0.250 e. The standard InChI is InChI=1S/C31H42BrN5OSi/c1-18-9-24(38-39(5,6)31(2,3)4)7-8-26(18)35-30(33)25-16-34-37-17-23(32)15-27(37)29(25)36-28-21-11-19-10-20(13-21)14-22(28)12-19/h7-9,15-17,19-22,28,36H,10-14H2,1-6H3,(H2,33,35). The molecule has 4 bridgehead atoms. The second-order valence-corrected chi connectivity index (χ2v) is 19.5. The Hall–Kier alpha value is -2.32. The molecule has 3 N–H and O–H groups in total. The summed E-state index contributed by atoms with van der Waals surface area (Å²) in [4.78, 5) is 4.92. The monoisotopic (exact) mass is 607 g/mol. The molecule has 0 spiro atoms. The number of hydrogen-bond acceptors (Lipinski definition) is 4. The van der Waals surface area contributed by atoms with Crippen molar-refractivity contribution in [2.75, 3.05) is 5.32 Å². The Kier molecular flexibility index (Phi) is 6.65. The molecule has 4 saturated carbocycles. The van der Waals surface area contributed by atoms with Gasteiger partial charge in [0.1, 0.15) is 11.6 Å².